The van der Waals surface area contributed by atoms with Gasteiger partial charge in [0.25, 0.3) is 0 Å². The van der Waals surface area contributed by atoms with Crippen molar-refractivity contribution in [2.45, 2.75) is 12.2 Å². The SMILES string of the molecule is C[C@H]1CN(c2nnc(-c3ccccc3Cl)s2)CCS1(=O)=O. The maximum atomic E-state index is 11.8. The summed E-state index contributed by atoms with van der Waals surface area (Å²) in [6, 6.07) is 7.48. The second-order valence-corrected chi connectivity index (χ2v) is 8.90. The Labute approximate surface area is 132 Å². The fourth-order valence-electron chi connectivity index (χ4n) is 2.21. The highest BCUT2D eigenvalue weighted by molar-refractivity contribution is 7.92. The van der Waals surface area contributed by atoms with Crippen molar-refractivity contribution in [3.8, 4) is 10.6 Å². The first-order chi connectivity index (χ1) is 9.97. The van der Waals surface area contributed by atoms with Gasteiger partial charge in [0.15, 0.2) is 14.8 Å². The van der Waals surface area contributed by atoms with Crippen molar-refractivity contribution in [1.82, 2.24) is 10.2 Å². The van der Waals surface area contributed by atoms with Gasteiger partial charge in [0.05, 0.1) is 16.0 Å². The van der Waals surface area contributed by atoms with E-state index in [1.54, 1.807) is 6.92 Å². The molecule has 0 bridgehead atoms. The monoisotopic (exact) mass is 343 g/mol. The van der Waals surface area contributed by atoms with Crippen LogP contribution in [0.3, 0.4) is 0 Å². The van der Waals surface area contributed by atoms with Crippen molar-refractivity contribution in [3.05, 3.63) is 29.3 Å². The number of anilines is 1. The second-order valence-electron chi connectivity index (χ2n) is 4.99. The van der Waals surface area contributed by atoms with Gasteiger partial charge in [-0.1, -0.05) is 41.1 Å². The van der Waals surface area contributed by atoms with Crippen molar-refractivity contribution in [2.75, 3.05) is 23.7 Å². The fourth-order valence-corrected chi connectivity index (χ4v) is 4.70. The van der Waals surface area contributed by atoms with Crippen LogP contribution in [-0.2, 0) is 9.84 Å². The first-order valence-corrected chi connectivity index (χ1v) is 9.43. The van der Waals surface area contributed by atoms with E-state index in [9.17, 15) is 8.42 Å². The maximum Gasteiger partial charge on any atom is 0.208 e. The molecule has 0 aliphatic carbocycles. The van der Waals surface area contributed by atoms with Gasteiger partial charge in [-0.15, -0.1) is 10.2 Å². The molecule has 0 amide bonds. The van der Waals surface area contributed by atoms with Gasteiger partial charge in [-0.25, -0.2) is 8.42 Å². The topological polar surface area (TPSA) is 63.2 Å². The molecule has 0 spiro atoms. The molecule has 2 heterocycles. The van der Waals surface area contributed by atoms with Crippen LogP contribution in [0, 0.1) is 0 Å². The summed E-state index contributed by atoms with van der Waals surface area (Å²) in [4.78, 5) is 1.98. The third-order valence-electron chi connectivity index (χ3n) is 3.53. The number of halogens is 1. The fraction of sp³-hybridized carbons (Fsp3) is 0.385. The molecule has 0 unspecified atom stereocenters. The van der Waals surface area contributed by atoms with E-state index in [1.165, 1.54) is 11.3 Å². The predicted molar refractivity (Wildman–Crippen MR) is 85.8 cm³/mol. The summed E-state index contributed by atoms with van der Waals surface area (Å²) in [7, 11) is -2.96. The van der Waals surface area contributed by atoms with Crippen molar-refractivity contribution in [1.29, 1.82) is 0 Å². The Bertz CT molecular complexity index is 760. The Kier molecular flexibility index (Phi) is 3.90. The summed E-state index contributed by atoms with van der Waals surface area (Å²) in [6.07, 6.45) is 0. The summed E-state index contributed by atoms with van der Waals surface area (Å²) < 4.78 is 23.5. The lowest BCUT2D eigenvalue weighted by Gasteiger charge is -2.30. The molecule has 0 N–H and O–H groups in total. The zero-order valence-corrected chi connectivity index (χ0v) is 13.7. The lowest BCUT2D eigenvalue weighted by atomic mass is 10.2. The van der Waals surface area contributed by atoms with Crippen LogP contribution in [0.5, 0.6) is 0 Å². The van der Waals surface area contributed by atoms with Crippen molar-refractivity contribution >= 4 is 37.9 Å². The number of sulfone groups is 1. The van der Waals surface area contributed by atoms with Crippen LogP contribution >= 0.6 is 22.9 Å². The number of nitrogens with zero attached hydrogens (tertiary/aromatic N) is 3. The minimum Gasteiger partial charge on any atom is -0.344 e. The van der Waals surface area contributed by atoms with Crippen LogP contribution in [0.4, 0.5) is 5.13 Å². The summed E-state index contributed by atoms with van der Waals surface area (Å²) >= 11 is 7.59. The molecule has 1 saturated heterocycles. The van der Waals surface area contributed by atoms with Gasteiger partial charge in [-0.3, -0.25) is 0 Å². The Morgan fingerprint density at radius 1 is 1.33 bits per heavy atom. The van der Waals surface area contributed by atoms with Crippen LogP contribution in [0.15, 0.2) is 24.3 Å². The molecule has 0 radical (unpaired) electrons. The highest BCUT2D eigenvalue weighted by atomic mass is 35.5. The zero-order valence-electron chi connectivity index (χ0n) is 11.4. The van der Waals surface area contributed by atoms with E-state index in [0.29, 0.717) is 18.1 Å². The van der Waals surface area contributed by atoms with Crippen LogP contribution in [0.25, 0.3) is 10.6 Å². The quantitative estimate of drug-likeness (QED) is 0.838. The van der Waals surface area contributed by atoms with Crippen molar-refractivity contribution in [3.63, 3.8) is 0 Å². The van der Waals surface area contributed by atoms with Gasteiger partial charge in [0.2, 0.25) is 5.13 Å². The summed E-state index contributed by atoms with van der Waals surface area (Å²) in [5, 5.41) is 10.1. The predicted octanol–water partition coefficient (Wildman–Crippen LogP) is 2.48. The molecule has 1 aliphatic heterocycles. The molecule has 1 aliphatic rings. The first-order valence-electron chi connectivity index (χ1n) is 6.52. The van der Waals surface area contributed by atoms with E-state index in [4.69, 9.17) is 11.6 Å². The number of hydrogen-bond acceptors (Lipinski definition) is 6. The van der Waals surface area contributed by atoms with E-state index in [-0.39, 0.29) is 11.0 Å². The standard InChI is InChI=1S/C13H14ClN3O2S2/c1-9-8-17(6-7-21(9,18)19)13-16-15-12(20-13)10-4-2-3-5-11(10)14/h2-5,9H,6-8H2,1H3/t9-/m0/s1. The maximum absolute atomic E-state index is 11.8. The average Bonchev–Trinajstić information content (AvgIpc) is 2.92. The Morgan fingerprint density at radius 2 is 2.10 bits per heavy atom. The number of benzene rings is 1. The smallest absolute Gasteiger partial charge is 0.208 e. The number of hydrogen-bond donors (Lipinski definition) is 0. The minimum atomic E-state index is -2.96. The molecular formula is C13H14ClN3O2S2. The highest BCUT2D eigenvalue weighted by Crippen LogP contribution is 2.33. The average molecular weight is 344 g/mol. The molecule has 2 aromatic rings. The molecule has 8 heteroatoms. The third kappa shape index (κ3) is 2.90. The normalized spacial score (nSPS) is 21.4. The number of rotatable bonds is 2. The van der Waals surface area contributed by atoms with Gasteiger partial charge in [-0.2, -0.15) is 0 Å². The molecule has 5 nitrogen and oxygen atoms in total. The number of aromatic nitrogens is 2. The van der Waals surface area contributed by atoms with Gasteiger partial charge in [0.1, 0.15) is 0 Å². The third-order valence-corrected chi connectivity index (χ3v) is 7.00. The molecule has 0 saturated carbocycles. The lowest BCUT2D eigenvalue weighted by molar-refractivity contribution is 0.569. The van der Waals surface area contributed by atoms with E-state index < -0.39 is 9.84 Å². The second kappa shape index (κ2) is 5.55. The van der Waals surface area contributed by atoms with Gasteiger partial charge < -0.3 is 4.90 Å². The van der Waals surface area contributed by atoms with Gasteiger partial charge in [-0.05, 0) is 13.0 Å². The van der Waals surface area contributed by atoms with Crippen molar-refractivity contribution < 1.29 is 8.42 Å². The van der Waals surface area contributed by atoms with Crippen LogP contribution in [0.2, 0.25) is 5.02 Å². The largest absolute Gasteiger partial charge is 0.344 e. The Hall–Kier alpha value is -1.18. The molecule has 1 aromatic carbocycles. The molecule has 1 atom stereocenters. The minimum absolute atomic E-state index is 0.162. The van der Waals surface area contributed by atoms with Crippen LogP contribution in [-0.4, -0.2) is 42.7 Å². The van der Waals surface area contributed by atoms with Gasteiger partial charge in [0, 0.05) is 18.7 Å². The van der Waals surface area contributed by atoms with E-state index in [0.717, 1.165) is 15.7 Å². The molecule has 112 valence electrons. The van der Waals surface area contributed by atoms with Crippen LogP contribution in [0.1, 0.15) is 6.92 Å². The van der Waals surface area contributed by atoms with Gasteiger partial charge >= 0.3 is 0 Å². The first kappa shape index (κ1) is 14.7. The summed E-state index contributed by atoms with van der Waals surface area (Å²) in [6.45, 7) is 2.65. The zero-order chi connectivity index (χ0) is 15.0. The molecular weight excluding hydrogens is 330 g/mol. The molecule has 21 heavy (non-hydrogen) atoms. The Balaban J connectivity index is 1.85. The molecule has 3 rings (SSSR count). The molecule has 1 aromatic heterocycles. The summed E-state index contributed by atoms with van der Waals surface area (Å²) in [5.74, 6) is 0.162. The van der Waals surface area contributed by atoms with E-state index >= 15 is 0 Å². The summed E-state index contributed by atoms with van der Waals surface area (Å²) in [5.41, 5.74) is 0.848. The van der Waals surface area contributed by atoms with Crippen LogP contribution < -0.4 is 4.90 Å². The highest BCUT2D eigenvalue weighted by Gasteiger charge is 2.31. The Morgan fingerprint density at radius 3 is 2.81 bits per heavy atom. The van der Waals surface area contributed by atoms with E-state index in [1.807, 2.05) is 29.2 Å². The van der Waals surface area contributed by atoms with Crippen molar-refractivity contribution in [2.24, 2.45) is 0 Å². The molecule has 1 fully saturated rings. The lowest BCUT2D eigenvalue weighted by Crippen LogP contribution is -2.45. The van der Waals surface area contributed by atoms with E-state index in [2.05, 4.69) is 10.2 Å².